The van der Waals surface area contributed by atoms with Gasteiger partial charge in [-0.15, -0.1) is 0 Å². The Labute approximate surface area is 125 Å². The van der Waals surface area contributed by atoms with E-state index in [0.717, 1.165) is 23.5 Å². The molecule has 0 fully saturated rings. The summed E-state index contributed by atoms with van der Waals surface area (Å²) in [6.45, 7) is 1.90. The largest absolute Gasteiger partial charge is 0.457 e. The molecule has 2 N–H and O–H groups in total. The van der Waals surface area contributed by atoms with E-state index in [1.54, 1.807) is 0 Å². The highest BCUT2D eigenvalue weighted by atomic mass is 16.5. The number of para-hydroxylation sites is 1. The van der Waals surface area contributed by atoms with Gasteiger partial charge in [-0.25, -0.2) is 0 Å². The second-order valence-corrected chi connectivity index (χ2v) is 5.16. The molecule has 0 aliphatic heterocycles. The van der Waals surface area contributed by atoms with Crippen LogP contribution >= 0.6 is 0 Å². The Morgan fingerprint density at radius 1 is 0.952 bits per heavy atom. The van der Waals surface area contributed by atoms with Crippen LogP contribution in [0.3, 0.4) is 0 Å². The highest BCUT2D eigenvalue weighted by Gasteiger charge is 2.14. The Balaban J connectivity index is 2.03. The number of rotatable bonds is 7. The van der Waals surface area contributed by atoms with Crippen molar-refractivity contribution in [2.75, 3.05) is 6.61 Å². The van der Waals surface area contributed by atoms with Gasteiger partial charge in [0, 0.05) is 0 Å². The fourth-order valence-electron chi connectivity index (χ4n) is 2.37. The summed E-state index contributed by atoms with van der Waals surface area (Å²) >= 11 is 0. The highest BCUT2D eigenvalue weighted by Crippen LogP contribution is 2.28. The van der Waals surface area contributed by atoms with E-state index >= 15 is 0 Å². The minimum absolute atomic E-state index is 0.189. The lowest BCUT2D eigenvalue weighted by atomic mass is 9.91. The molecule has 0 saturated carbocycles. The van der Waals surface area contributed by atoms with Crippen LogP contribution < -0.4 is 4.74 Å². The van der Waals surface area contributed by atoms with E-state index in [-0.39, 0.29) is 12.5 Å². The van der Waals surface area contributed by atoms with Crippen molar-refractivity contribution < 1.29 is 14.9 Å². The summed E-state index contributed by atoms with van der Waals surface area (Å²) in [6, 6.07) is 17.6. The van der Waals surface area contributed by atoms with E-state index in [1.165, 1.54) is 0 Å². The zero-order valence-corrected chi connectivity index (χ0v) is 12.3. The van der Waals surface area contributed by atoms with Crippen molar-refractivity contribution in [3.05, 3.63) is 60.2 Å². The van der Waals surface area contributed by atoms with Crippen LogP contribution in [0.2, 0.25) is 0 Å². The van der Waals surface area contributed by atoms with Crippen molar-refractivity contribution in [3.63, 3.8) is 0 Å². The summed E-state index contributed by atoms with van der Waals surface area (Å²) in [6.07, 6.45) is 0.845. The van der Waals surface area contributed by atoms with Gasteiger partial charge in [0.25, 0.3) is 0 Å². The molecule has 0 heterocycles. The van der Waals surface area contributed by atoms with E-state index in [4.69, 9.17) is 9.84 Å². The van der Waals surface area contributed by atoms with Gasteiger partial charge in [-0.1, -0.05) is 37.3 Å². The smallest absolute Gasteiger partial charge is 0.127 e. The number of aliphatic hydroxyl groups is 2. The van der Waals surface area contributed by atoms with Crippen molar-refractivity contribution in [2.24, 2.45) is 0 Å². The lowest BCUT2D eigenvalue weighted by Gasteiger charge is -2.18. The molecular weight excluding hydrogens is 264 g/mol. The van der Waals surface area contributed by atoms with Crippen molar-refractivity contribution in [2.45, 2.75) is 31.8 Å². The van der Waals surface area contributed by atoms with Crippen molar-refractivity contribution in [1.29, 1.82) is 0 Å². The molecule has 2 rings (SSSR count). The maximum atomic E-state index is 9.60. The minimum Gasteiger partial charge on any atom is -0.457 e. The SMILES string of the molecule is CCC(CC(O)CO)c1ccc(Oc2ccccc2)cc1. The van der Waals surface area contributed by atoms with Crippen LogP contribution in [0.25, 0.3) is 0 Å². The number of benzene rings is 2. The fourth-order valence-corrected chi connectivity index (χ4v) is 2.37. The molecule has 0 radical (unpaired) electrons. The van der Waals surface area contributed by atoms with Gasteiger partial charge in [-0.3, -0.25) is 0 Å². The average molecular weight is 286 g/mol. The molecule has 0 amide bonds. The van der Waals surface area contributed by atoms with Gasteiger partial charge in [-0.05, 0) is 48.6 Å². The third kappa shape index (κ3) is 4.59. The van der Waals surface area contributed by atoms with Gasteiger partial charge < -0.3 is 14.9 Å². The predicted molar refractivity (Wildman–Crippen MR) is 83.7 cm³/mol. The first-order valence-electron chi connectivity index (χ1n) is 7.34. The average Bonchev–Trinajstić information content (AvgIpc) is 2.54. The molecule has 2 aromatic carbocycles. The van der Waals surface area contributed by atoms with Gasteiger partial charge in [0.05, 0.1) is 12.7 Å². The molecule has 0 spiro atoms. The first-order valence-corrected chi connectivity index (χ1v) is 7.34. The third-order valence-electron chi connectivity index (χ3n) is 3.59. The van der Waals surface area contributed by atoms with Crippen LogP contribution in [0.5, 0.6) is 11.5 Å². The van der Waals surface area contributed by atoms with Gasteiger partial charge in [-0.2, -0.15) is 0 Å². The predicted octanol–water partition coefficient (Wildman–Crippen LogP) is 3.72. The van der Waals surface area contributed by atoms with Crippen LogP contribution in [0.4, 0.5) is 0 Å². The Bertz CT molecular complexity index is 522. The van der Waals surface area contributed by atoms with Gasteiger partial charge in [0.2, 0.25) is 0 Å². The molecule has 0 saturated heterocycles. The third-order valence-corrected chi connectivity index (χ3v) is 3.59. The molecule has 0 aliphatic rings. The summed E-state index contributed by atoms with van der Waals surface area (Å²) in [7, 11) is 0. The van der Waals surface area contributed by atoms with Crippen LogP contribution in [-0.4, -0.2) is 22.9 Å². The van der Waals surface area contributed by atoms with Crippen LogP contribution in [0.15, 0.2) is 54.6 Å². The van der Waals surface area contributed by atoms with Crippen molar-refractivity contribution in [3.8, 4) is 11.5 Å². The molecule has 0 aromatic heterocycles. The van der Waals surface area contributed by atoms with Crippen LogP contribution in [-0.2, 0) is 0 Å². The van der Waals surface area contributed by atoms with E-state index in [9.17, 15) is 5.11 Å². The summed E-state index contributed by atoms with van der Waals surface area (Å²) in [5, 5.41) is 18.6. The lowest BCUT2D eigenvalue weighted by Crippen LogP contribution is -2.16. The topological polar surface area (TPSA) is 49.7 Å². The Morgan fingerprint density at radius 2 is 1.57 bits per heavy atom. The molecule has 2 unspecified atom stereocenters. The summed E-state index contributed by atoms with van der Waals surface area (Å²) in [5.74, 6) is 1.86. The van der Waals surface area contributed by atoms with E-state index in [1.807, 2.05) is 54.6 Å². The zero-order valence-electron chi connectivity index (χ0n) is 12.3. The molecule has 3 heteroatoms. The molecule has 112 valence electrons. The number of aliphatic hydroxyl groups excluding tert-OH is 2. The summed E-state index contributed by atoms with van der Waals surface area (Å²) in [4.78, 5) is 0. The Kier molecular flexibility index (Phi) is 5.78. The van der Waals surface area contributed by atoms with E-state index in [2.05, 4.69) is 6.92 Å². The molecule has 0 bridgehead atoms. The lowest BCUT2D eigenvalue weighted by molar-refractivity contribution is 0.0817. The van der Waals surface area contributed by atoms with E-state index in [0.29, 0.717) is 6.42 Å². The highest BCUT2D eigenvalue weighted by molar-refractivity contribution is 5.34. The molecule has 3 nitrogen and oxygen atoms in total. The second-order valence-electron chi connectivity index (χ2n) is 5.16. The standard InChI is InChI=1S/C18H22O3/c1-2-14(12-16(20)13-19)15-8-10-18(11-9-15)21-17-6-4-3-5-7-17/h3-11,14,16,19-20H,2,12-13H2,1H3. The van der Waals surface area contributed by atoms with Gasteiger partial charge in [0.15, 0.2) is 0 Å². The monoisotopic (exact) mass is 286 g/mol. The molecule has 2 aromatic rings. The Morgan fingerprint density at radius 3 is 2.14 bits per heavy atom. The molecule has 2 atom stereocenters. The van der Waals surface area contributed by atoms with Gasteiger partial charge in [0.1, 0.15) is 11.5 Å². The molecule has 0 aliphatic carbocycles. The van der Waals surface area contributed by atoms with Crippen LogP contribution in [0.1, 0.15) is 31.2 Å². The number of hydrogen-bond donors (Lipinski definition) is 2. The number of hydrogen-bond acceptors (Lipinski definition) is 3. The Hall–Kier alpha value is -1.84. The summed E-state index contributed by atoms with van der Waals surface area (Å²) in [5.41, 5.74) is 1.16. The zero-order chi connectivity index (χ0) is 15.1. The quantitative estimate of drug-likeness (QED) is 0.815. The normalized spacial score (nSPS) is 13.7. The molecule has 21 heavy (non-hydrogen) atoms. The first-order chi connectivity index (χ1) is 10.2. The maximum Gasteiger partial charge on any atom is 0.127 e. The number of ether oxygens (including phenoxy) is 1. The maximum absolute atomic E-state index is 9.60. The fraction of sp³-hybridized carbons (Fsp3) is 0.333. The first kappa shape index (κ1) is 15.5. The van der Waals surface area contributed by atoms with Crippen molar-refractivity contribution >= 4 is 0 Å². The van der Waals surface area contributed by atoms with Crippen molar-refractivity contribution in [1.82, 2.24) is 0 Å². The second kappa shape index (κ2) is 7.81. The minimum atomic E-state index is -0.657. The summed E-state index contributed by atoms with van der Waals surface area (Å²) < 4.78 is 5.76. The van der Waals surface area contributed by atoms with E-state index < -0.39 is 6.10 Å². The molecular formula is C18H22O3. The van der Waals surface area contributed by atoms with Gasteiger partial charge >= 0.3 is 0 Å². The van der Waals surface area contributed by atoms with Crippen LogP contribution in [0, 0.1) is 0 Å².